The van der Waals surface area contributed by atoms with Crippen molar-refractivity contribution in [1.82, 2.24) is 0 Å². The number of aliphatic hydroxyl groups excluding tert-OH is 1. The summed E-state index contributed by atoms with van der Waals surface area (Å²) in [5, 5.41) is 22.5. The van der Waals surface area contributed by atoms with Crippen molar-refractivity contribution in [2.45, 2.75) is 64.4 Å². The summed E-state index contributed by atoms with van der Waals surface area (Å²) in [6, 6.07) is 9.36. The maximum atomic E-state index is 10.1. The zero-order chi connectivity index (χ0) is 14.6. The van der Waals surface area contributed by atoms with Gasteiger partial charge in [-0.25, -0.2) is 0 Å². The molecular weight excluding hydrogens is 250 g/mol. The van der Waals surface area contributed by atoms with Crippen molar-refractivity contribution < 1.29 is 10.3 Å². The minimum Gasteiger partial charge on any atom is -0.411 e. The van der Waals surface area contributed by atoms with Crippen LogP contribution in [-0.2, 0) is 0 Å². The molecule has 0 spiro atoms. The number of benzene rings is 1. The van der Waals surface area contributed by atoms with Crippen LogP contribution in [0.1, 0.15) is 63.9 Å². The molecule has 3 nitrogen and oxygen atoms in total. The van der Waals surface area contributed by atoms with Crippen molar-refractivity contribution in [1.29, 1.82) is 0 Å². The van der Waals surface area contributed by atoms with E-state index >= 15 is 0 Å². The lowest BCUT2D eigenvalue weighted by Crippen LogP contribution is -2.21. The van der Waals surface area contributed by atoms with Gasteiger partial charge in [0.2, 0.25) is 0 Å². The average molecular weight is 277 g/mol. The third kappa shape index (κ3) is 6.20. The maximum Gasteiger partial charge on any atom is 0.115 e. The Hall–Kier alpha value is -1.35. The van der Waals surface area contributed by atoms with E-state index in [9.17, 15) is 5.11 Å². The van der Waals surface area contributed by atoms with Crippen LogP contribution in [0.25, 0.3) is 0 Å². The largest absolute Gasteiger partial charge is 0.411 e. The summed E-state index contributed by atoms with van der Waals surface area (Å²) in [7, 11) is 0. The second-order valence-electron chi connectivity index (χ2n) is 5.28. The molecule has 1 aromatic carbocycles. The summed E-state index contributed by atoms with van der Waals surface area (Å²) in [6.07, 6.45) is 8.48. The molecule has 112 valence electrons. The molecule has 3 heteroatoms. The Morgan fingerprint density at radius 1 is 1.00 bits per heavy atom. The summed E-state index contributed by atoms with van der Waals surface area (Å²) in [5.41, 5.74) is 1.15. The molecule has 0 aliphatic heterocycles. The van der Waals surface area contributed by atoms with Gasteiger partial charge in [-0.3, -0.25) is 0 Å². The van der Waals surface area contributed by atoms with Gasteiger partial charge in [0.15, 0.2) is 0 Å². The molecule has 1 aromatic rings. The van der Waals surface area contributed by atoms with Gasteiger partial charge in [-0.2, -0.15) is 0 Å². The number of nitrogens with zero attached hydrogens (tertiary/aromatic N) is 1. The number of hydrogen-bond donors (Lipinski definition) is 2. The van der Waals surface area contributed by atoms with Gasteiger partial charge in [0, 0.05) is 5.56 Å². The summed E-state index contributed by atoms with van der Waals surface area (Å²) in [6.45, 7) is 2.22. The van der Waals surface area contributed by atoms with Crippen LogP contribution in [0.5, 0.6) is 0 Å². The van der Waals surface area contributed by atoms with Gasteiger partial charge < -0.3 is 10.3 Å². The van der Waals surface area contributed by atoms with Crippen LogP contribution in [0, 0.1) is 0 Å². The van der Waals surface area contributed by atoms with Crippen LogP contribution in [0.15, 0.2) is 35.5 Å². The molecule has 1 atom stereocenters. The monoisotopic (exact) mass is 277 g/mol. The third-order valence-corrected chi connectivity index (χ3v) is 3.57. The van der Waals surface area contributed by atoms with Crippen molar-refractivity contribution >= 4 is 5.71 Å². The second-order valence-corrected chi connectivity index (χ2v) is 5.28. The molecule has 0 radical (unpaired) electrons. The van der Waals surface area contributed by atoms with Crippen LogP contribution < -0.4 is 0 Å². The molecular formula is C17H27NO2. The van der Waals surface area contributed by atoms with Crippen LogP contribution >= 0.6 is 0 Å². The predicted octanol–water partition coefficient (Wildman–Crippen LogP) is 4.37. The van der Waals surface area contributed by atoms with E-state index in [1.807, 2.05) is 30.3 Å². The fourth-order valence-electron chi connectivity index (χ4n) is 2.36. The molecule has 0 aromatic heterocycles. The van der Waals surface area contributed by atoms with Crippen molar-refractivity contribution in [3.8, 4) is 0 Å². The number of hydrogen-bond acceptors (Lipinski definition) is 3. The summed E-state index contributed by atoms with van der Waals surface area (Å²) >= 11 is 0. The van der Waals surface area contributed by atoms with Gasteiger partial charge in [-0.05, 0) is 6.42 Å². The number of oxime groups is 1. The van der Waals surface area contributed by atoms with Gasteiger partial charge in [0.1, 0.15) is 5.71 Å². The molecule has 0 amide bonds. The van der Waals surface area contributed by atoms with Crippen molar-refractivity contribution in [2.75, 3.05) is 0 Å². The van der Waals surface area contributed by atoms with Crippen molar-refractivity contribution in [2.24, 2.45) is 5.16 Å². The van der Waals surface area contributed by atoms with E-state index in [4.69, 9.17) is 5.21 Å². The number of rotatable bonds is 10. The van der Waals surface area contributed by atoms with E-state index in [0.29, 0.717) is 12.1 Å². The van der Waals surface area contributed by atoms with Gasteiger partial charge in [0.25, 0.3) is 0 Å². The van der Waals surface area contributed by atoms with Crippen LogP contribution in [0.4, 0.5) is 0 Å². The molecule has 0 heterocycles. The third-order valence-electron chi connectivity index (χ3n) is 3.57. The Balaban J connectivity index is 2.26. The van der Waals surface area contributed by atoms with Crippen LogP contribution in [0.3, 0.4) is 0 Å². The lowest BCUT2D eigenvalue weighted by molar-refractivity contribution is 0.217. The summed E-state index contributed by atoms with van der Waals surface area (Å²) in [4.78, 5) is 0. The SMILES string of the molecule is CCCCCCCCCC(O)C(=NO)c1ccccc1. The molecule has 0 aliphatic rings. The highest BCUT2D eigenvalue weighted by molar-refractivity contribution is 6.03. The lowest BCUT2D eigenvalue weighted by Gasteiger charge is -2.12. The van der Waals surface area contributed by atoms with E-state index in [2.05, 4.69) is 12.1 Å². The van der Waals surface area contributed by atoms with Crippen molar-refractivity contribution in [3.05, 3.63) is 35.9 Å². The molecule has 0 bridgehead atoms. The lowest BCUT2D eigenvalue weighted by atomic mass is 10.00. The van der Waals surface area contributed by atoms with Gasteiger partial charge >= 0.3 is 0 Å². The molecule has 2 N–H and O–H groups in total. The quantitative estimate of drug-likeness (QED) is 0.289. The summed E-state index contributed by atoms with van der Waals surface area (Å²) < 4.78 is 0. The molecule has 1 rings (SSSR count). The Kier molecular flexibility index (Phi) is 8.72. The normalized spacial score (nSPS) is 13.4. The number of unbranched alkanes of at least 4 members (excludes halogenated alkanes) is 6. The van der Waals surface area contributed by atoms with Gasteiger partial charge in [0.05, 0.1) is 6.10 Å². The maximum absolute atomic E-state index is 10.1. The molecule has 0 saturated heterocycles. The first-order chi connectivity index (χ1) is 9.79. The number of aliphatic hydroxyl groups is 1. The van der Waals surface area contributed by atoms with E-state index in [0.717, 1.165) is 18.4 Å². The van der Waals surface area contributed by atoms with E-state index < -0.39 is 6.10 Å². The minimum absolute atomic E-state index is 0.372. The van der Waals surface area contributed by atoms with Gasteiger partial charge in [-0.1, -0.05) is 87.4 Å². The fraction of sp³-hybridized carbons (Fsp3) is 0.588. The zero-order valence-electron chi connectivity index (χ0n) is 12.5. The first-order valence-electron chi connectivity index (χ1n) is 7.75. The Morgan fingerprint density at radius 2 is 1.60 bits per heavy atom. The molecule has 0 aliphatic carbocycles. The van der Waals surface area contributed by atoms with Crippen LogP contribution in [0.2, 0.25) is 0 Å². The highest BCUT2D eigenvalue weighted by atomic mass is 16.4. The van der Waals surface area contributed by atoms with Gasteiger partial charge in [-0.15, -0.1) is 0 Å². The highest BCUT2D eigenvalue weighted by Gasteiger charge is 2.14. The van der Waals surface area contributed by atoms with E-state index in [-0.39, 0.29) is 0 Å². The molecule has 1 unspecified atom stereocenters. The molecule has 0 fully saturated rings. The minimum atomic E-state index is -0.682. The van der Waals surface area contributed by atoms with Crippen LogP contribution in [-0.4, -0.2) is 22.1 Å². The summed E-state index contributed by atoms with van der Waals surface area (Å²) in [5.74, 6) is 0. The smallest absolute Gasteiger partial charge is 0.115 e. The second kappa shape index (κ2) is 10.4. The standard InChI is InChI=1S/C17H27NO2/c1-2-3-4-5-6-7-11-14-16(19)17(18-20)15-12-9-8-10-13-15/h8-10,12-13,16,19-20H,2-7,11,14H2,1H3. The Morgan fingerprint density at radius 3 is 2.20 bits per heavy atom. The zero-order valence-corrected chi connectivity index (χ0v) is 12.5. The average Bonchev–Trinajstić information content (AvgIpc) is 2.48. The predicted molar refractivity (Wildman–Crippen MR) is 83.4 cm³/mol. The first-order valence-corrected chi connectivity index (χ1v) is 7.75. The topological polar surface area (TPSA) is 52.8 Å². The van der Waals surface area contributed by atoms with Crippen molar-refractivity contribution in [3.63, 3.8) is 0 Å². The van der Waals surface area contributed by atoms with E-state index in [1.54, 1.807) is 0 Å². The molecule has 0 saturated carbocycles. The molecule has 20 heavy (non-hydrogen) atoms. The Labute approximate surface area is 122 Å². The Bertz CT molecular complexity index is 376. The highest BCUT2D eigenvalue weighted by Crippen LogP contribution is 2.13. The van der Waals surface area contributed by atoms with E-state index in [1.165, 1.54) is 32.1 Å². The first kappa shape index (κ1) is 16.7. The fourth-order valence-corrected chi connectivity index (χ4v) is 2.36.